The lowest BCUT2D eigenvalue weighted by molar-refractivity contribution is 0.587. The van der Waals surface area contributed by atoms with Crippen LogP contribution in [0.4, 0.5) is 0 Å². The fourth-order valence-electron chi connectivity index (χ4n) is 2.32. The molecule has 3 rings (SSSR count). The minimum atomic E-state index is 0.297. The quantitative estimate of drug-likeness (QED) is 0.748. The number of rotatable bonds is 4. The molecule has 4 heteroatoms. The molecule has 102 valence electrons. The van der Waals surface area contributed by atoms with Crippen LogP contribution in [-0.4, -0.2) is 12.0 Å². The molecule has 0 spiro atoms. The zero-order valence-corrected chi connectivity index (χ0v) is 13.5. The van der Waals surface area contributed by atoms with E-state index >= 15 is 0 Å². The largest absolute Gasteiger partial charge is 0.313 e. The summed E-state index contributed by atoms with van der Waals surface area (Å²) in [5.41, 5.74) is 3.48. The molecule has 1 unspecified atom stereocenters. The van der Waals surface area contributed by atoms with E-state index in [0.29, 0.717) is 6.04 Å². The van der Waals surface area contributed by atoms with E-state index in [1.165, 1.54) is 14.7 Å². The van der Waals surface area contributed by atoms with Crippen molar-refractivity contribution in [3.8, 4) is 0 Å². The summed E-state index contributed by atoms with van der Waals surface area (Å²) in [5, 5.41) is 6.75. The van der Waals surface area contributed by atoms with Gasteiger partial charge in [-0.2, -0.15) is 0 Å². The van der Waals surface area contributed by atoms with E-state index in [1.54, 1.807) is 11.3 Å². The first-order chi connectivity index (χ1) is 9.76. The number of nitrogens with one attached hydrogen (secondary N) is 1. The number of halogens is 1. The van der Waals surface area contributed by atoms with Gasteiger partial charge >= 0.3 is 0 Å². The average molecular weight is 347 g/mol. The second kappa shape index (κ2) is 6.04. The molecule has 0 fully saturated rings. The fraction of sp³-hybridized carbons (Fsp3) is 0.188. The van der Waals surface area contributed by atoms with Crippen molar-refractivity contribution in [3.63, 3.8) is 0 Å². The van der Waals surface area contributed by atoms with Crippen LogP contribution in [0.1, 0.15) is 17.3 Å². The van der Waals surface area contributed by atoms with Crippen molar-refractivity contribution in [1.82, 2.24) is 10.3 Å². The Bertz CT molecular complexity index is 723. The van der Waals surface area contributed by atoms with Crippen LogP contribution in [-0.2, 0) is 6.42 Å². The van der Waals surface area contributed by atoms with Crippen LogP contribution in [0.3, 0.4) is 0 Å². The zero-order chi connectivity index (χ0) is 13.9. The third-order valence-electron chi connectivity index (χ3n) is 3.41. The minimum Gasteiger partial charge on any atom is -0.313 e. The number of hydrogen-bond donors (Lipinski definition) is 1. The molecule has 3 aromatic rings. The van der Waals surface area contributed by atoms with Gasteiger partial charge in [-0.15, -0.1) is 11.3 Å². The van der Waals surface area contributed by atoms with Gasteiger partial charge in [0, 0.05) is 23.5 Å². The number of likely N-dealkylation sites (N-methyl/N-ethyl adjacent to an activating group) is 1. The summed E-state index contributed by atoms with van der Waals surface area (Å²) < 4.78 is 1.17. The number of para-hydroxylation sites is 1. The fourth-order valence-corrected chi connectivity index (χ4v) is 3.55. The lowest BCUT2D eigenvalue weighted by Gasteiger charge is -2.14. The number of hydrogen-bond acceptors (Lipinski definition) is 3. The van der Waals surface area contributed by atoms with Crippen molar-refractivity contribution in [2.24, 2.45) is 0 Å². The Balaban J connectivity index is 1.87. The first kappa shape index (κ1) is 13.7. The maximum Gasteiger partial charge on any atom is 0.0705 e. The third-order valence-corrected chi connectivity index (χ3v) is 4.93. The topological polar surface area (TPSA) is 24.9 Å². The first-order valence-corrected chi connectivity index (χ1v) is 8.19. The lowest BCUT2D eigenvalue weighted by atomic mass is 10.0. The van der Waals surface area contributed by atoms with Crippen LogP contribution in [0.25, 0.3) is 10.9 Å². The highest BCUT2D eigenvalue weighted by Crippen LogP contribution is 2.27. The van der Waals surface area contributed by atoms with Crippen molar-refractivity contribution in [1.29, 1.82) is 0 Å². The van der Waals surface area contributed by atoms with Gasteiger partial charge in [-0.3, -0.25) is 4.98 Å². The van der Waals surface area contributed by atoms with Crippen LogP contribution in [0.5, 0.6) is 0 Å². The predicted octanol–water partition coefficient (Wildman–Crippen LogP) is 4.56. The molecule has 2 nitrogen and oxygen atoms in total. The molecule has 1 N–H and O–H groups in total. The molecule has 1 aromatic carbocycles. The van der Waals surface area contributed by atoms with Crippen molar-refractivity contribution in [2.75, 3.05) is 7.05 Å². The average Bonchev–Trinajstić information content (AvgIpc) is 2.91. The highest BCUT2D eigenvalue weighted by Gasteiger charge is 2.12. The lowest BCUT2D eigenvalue weighted by Crippen LogP contribution is -2.18. The van der Waals surface area contributed by atoms with Gasteiger partial charge in [0.25, 0.3) is 0 Å². The number of thiophene rings is 1. The summed E-state index contributed by atoms with van der Waals surface area (Å²) in [6.07, 6.45) is 0.893. The van der Waals surface area contributed by atoms with Gasteiger partial charge < -0.3 is 5.32 Å². The molecule has 0 aliphatic heterocycles. The predicted molar refractivity (Wildman–Crippen MR) is 89.3 cm³/mol. The molecule has 2 heterocycles. The summed E-state index contributed by atoms with van der Waals surface area (Å²) in [6.45, 7) is 0. The maximum atomic E-state index is 4.75. The molecule has 0 saturated heterocycles. The molecular weight excluding hydrogens is 332 g/mol. The standard InChI is InChI=1S/C16H15BrN2S/c1-18-15(12-8-16(17)20-10-12)9-13-7-6-11-4-2-3-5-14(11)19-13/h2-8,10,15,18H,9H2,1H3. The Morgan fingerprint density at radius 2 is 2.10 bits per heavy atom. The Labute approximate surface area is 131 Å². The van der Waals surface area contributed by atoms with Crippen LogP contribution in [0.2, 0.25) is 0 Å². The van der Waals surface area contributed by atoms with Crippen molar-refractivity contribution < 1.29 is 0 Å². The van der Waals surface area contributed by atoms with Gasteiger partial charge in [-0.05, 0) is 52.1 Å². The van der Waals surface area contributed by atoms with E-state index in [9.17, 15) is 0 Å². The Morgan fingerprint density at radius 3 is 2.85 bits per heavy atom. The molecule has 20 heavy (non-hydrogen) atoms. The molecule has 0 saturated carbocycles. The van der Waals surface area contributed by atoms with Crippen LogP contribution in [0.15, 0.2) is 51.6 Å². The highest BCUT2D eigenvalue weighted by atomic mass is 79.9. The summed E-state index contributed by atoms with van der Waals surface area (Å²) in [6, 6.07) is 15.0. The van der Waals surface area contributed by atoms with E-state index in [2.05, 4.69) is 57.0 Å². The van der Waals surface area contributed by atoms with E-state index in [1.807, 2.05) is 19.2 Å². The SMILES string of the molecule is CNC(Cc1ccc2ccccc2n1)c1csc(Br)c1. The summed E-state index contributed by atoms with van der Waals surface area (Å²) >= 11 is 5.24. The smallest absolute Gasteiger partial charge is 0.0705 e. The van der Waals surface area contributed by atoms with Gasteiger partial charge in [0.2, 0.25) is 0 Å². The number of nitrogens with zero attached hydrogens (tertiary/aromatic N) is 1. The van der Waals surface area contributed by atoms with Crippen LogP contribution < -0.4 is 5.32 Å². The molecule has 0 aliphatic rings. The number of fused-ring (bicyclic) bond motifs is 1. The van der Waals surface area contributed by atoms with E-state index in [4.69, 9.17) is 4.98 Å². The maximum absolute atomic E-state index is 4.75. The Hall–Kier alpha value is -1.23. The van der Waals surface area contributed by atoms with Gasteiger partial charge in [0.15, 0.2) is 0 Å². The molecular formula is C16H15BrN2S. The van der Waals surface area contributed by atoms with Crippen LogP contribution in [0, 0.1) is 0 Å². The first-order valence-electron chi connectivity index (χ1n) is 6.52. The Morgan fingerprint density at radius 1 is 1.25 bits per heavy atom. The molecule has 0 radical (unpaired) electrons. The van der Waals surface area contributed by atoms with Crippen molar-refractivity contribution in [3.05, 3.63) is 62.9 Å². The summed E-state index contributed by atoms with van der Waals surface area (Å²) in [4.78, 5) is 4.75. The molecule has 0 aliphatic carbocycles. The van der Waals surface area contributed by atoms with Gasteiger partial charge in [0.05, 0.1) is 9.30 Å². The van der Waals surface area contributed by atoms with Gasteiger partial charge in [-0.1, -0.05) is 24.3 Å². The van der Waals surface area contributed by atoms with Crippen molar-refractivity contribution >= 4 is 38.2 Å². The van der Waals surface area contributed by atoms with Gasteiger partial charge in [0.1, 0.15) is 0 Å². The molecule has 1 atom stereocenters. The van der Waals surface area contributed by atoms with Crippen molar-refractivity contribution in [2.45, 2.75) is 12.5 Å². The van der Waals surface area contributed by atoms with Crippen LogP contribution >= 0.6 is 27.3 Å². The molecule has 2 aromatic heterocycles. The second-order valence-electron chi connectivity index (χ2n) is 4.72. The normalized spacial score (nSPS) is 12.7. The number of pyridine rings is 1. The monoisotopic (exact) mass is 346 g/mol. The van der Waals surface area contributed by atoms with E-state index in [0.717, 1.165) is 17.6 Å². The molecule has 0 amide bonds. The molecule has 0 bridgehead atoms. The highest BCUT2D eigenvalue weighted by molar-refractivity contribution is 9.11. The summed E-state index contributed by atoms with van der Waals surface area (Å²) in [7, 11) is 2.00. The van der Waals surface area contributed by atoms with Gasteiger partial charge in [-0.25, -0.2) is 0 Å². The number of aromatic nitrogens is 1. The second-order valence-corrected chi connectivity index (χ2v) is 7.02. The zero-order valence-electron chi connectivity index (χ0n) is 11.1. The summed E-state index contributed by atoms with van der Waals surface area (Å²) in [5.74, 6) is 0. The van der Waals surface area contributed by atoms with E-state index in [-0.39, 0.29) is 0 Å². The third kappa shape index (κ3) is 2.92. The van der Waals surface area contributed by atoms with E-state index < -0.39 is 0 Å². The Kier molecular flexibility index (Phi) is 4.15. The number of benzene rings is 1. The minimum absolute atomic E-state index is 0.297.